The summed E-state index contributed by atoms with van der Waals surface area (Å²) in [5.41, 5.74) is 15.7. The first-order valence-corrected chi connectivity index (χ1v) is 18.8. The molecule has 55 heavy (non-hydrogen) atoms. The van der Waals surface area contributed by atoms with Crippen molar-refractivity contribution in [1.82, 2.24) is 0 Å². The maximum atomic E-state index is 6.73. The number of nitrogens with zero attached hydrogens (tertiary/aromatic N) is 2. The highest BCUT2D eigenvalue weighted by Crippen LogP contribution is 2.31. The molecule has 8 aromatic rings. The lowest BCUT2D eigenvalue weighted by molar-refractivity contribution is 0.483. The Labute approximate surface area is 322 Å². The molecule has 0 saturated carbocycles. The molecule has 0 aliphatic carbocycles. The predicted molar refractivity (Wildman–Crippen MR) is 231 cm³/mol. The molecule has 5 heteroatoms. The number of benzene rings is 8. The van der Waals surface area contributed by atoms with Crippen molar-refractivity contribution < 1.29 is 4.74 Å². The van der Waals surface area contributed by atoms with Crippen LogP contribution < -0.4 is 26.6 Å². The summed E-state index contributed by atoms with van der Waals surface area (Å²) < 4.78 is 6.73. The van der Waals surface area contributed by atoms with Crippen molar-refractivity contribution in [2.24, 2.45) is 9.81 Å². The molecular weight excluding hydrogens is 666 g/mol. The lowest BCUT2D eigenvalue weighted by Crippen LogP contribution is -2.42. The molecule has 0 N–H and O–H groups in total. The van der Waals surface area contributed by atoms with Gasteiger partial charge in [-0.05, 0) is 79.5 Å². The average molecular weight is 700 g/mol. The molecule has 2 aliphatic rings. The highest BCUT2D eigenvalue weighted by molar-refractivity contribution is 6.87. The van der Waals surface area contributed by atoms with Gasteiger partial charge in [0.1, 0.15) is 11.5 Å². The van der Waals surface area contributed by atoms with Crippen LogP contribution in [-0.4, -0.2) is 25.1 Å². The normalized spacial score (nSPS) is 12.9. The summed E-state index contributed by atoms with van der Waals surface area (Å²) in [7, 11) is 0. The summed E-state index contributed by atoms with van der Waals surface area (Å²) in [5.74, 6) is 1.51. The SMILES string of the molecule is c1ccc(C2=NB(c3cccc(Oc4cccc(B5N=C(c6ccccc6)c6ccccc6-c6ccccc65)c4)c3)c3ccccc3-c3ccccc32)cc1. The Hall–Kier alpha value is -6.97. The minimum Gasteiger partial charge on any atom is -0.457 e. The summed E-state index contributed by atoms with van der Waals surface area (Å²) >= 11 is 0. The molecule has 0 fully saturated rings. The third kappa shape index (κ3) is 6.10. The van der Waals surface area contributed by atoms with E-state index in [0.29, 0.717) is 0 Å². The molecule has 0 unspecified atom stereocenters. The Morgan fingerprint density at radius 1 is 0.309 bits per heavy atom. The van der Waals surface area contributed by atoms with E-state index in [9.17, 15) is 0 Å². The monoisotopic (exact) mass is 700 g/mol. The second-order valence-corrected chi connectivity index (χ2v) is 14.0. The Morgan fingerprint density at radius 3 is 1.11 bits per heavy atom. The molecule has 256 valence electrons. The fourth-order valence-corrected chi connectivity index (χ4v) is 8.14. The van der Waals surface area contributed by atoms with E-state index < -0.39 is 0 Å². The molecule has 0 aromatic heterocycles. The molecule has 8 aromatic carbocycles. The van der Waals surface area contributed by atoms with Crippen molar-refractivity contribution in [3.63, 3.8) is 0 Å². The van der Waals surface area contributed by atoms with Crippen LogP contribution >= 0.6 is 0 Å². The van der Waals surface area contributed by atoms with E-state index >= 15 is 0 Å². The Kier molecular flexibility index (Phi) is 8.38. The van der Waals surface area contributed by atoms with Crippen LogP contribution in [0.5, 0.6) is 11.5 Å². The van der Waals surface area contributed by atoms with Crippen LogP contribution in [0.3, 0.4) is 0 Å². The van der Waals surface area contributed by atoms with Gasteiger partial charge in [-0.1, -0.05) is 182 Å². The lowest BCUT2D eigenvalue weighted by atomic mass is 9.50. The van der Waals surface area contributed by atoms with Crippen molar-refractivity contribution in [3.05, 3.63) is 229 Å². The number of fused-ring (bicyclic) bond motifs is 6. The first-order chi connectivity index (χ1) is 27.3. The predicted octanol–water partition coefficient (Wildman–Crippen LogP) is 8.73. The highest BCUT2D eigenvalue weighted by atomic mass is 16.5. The molecule has 0 amide bonds. The summed E-state index contributed by atoms with van der Waals surface area (Å²) in [4.78, 5) is 11.1. The Balaban J connectivity index is 1.05. The average Bonchev–Trinajstić information content (AvgIpc) is 3.50. The van der Waals surface area contributed by atoms with E-state index in [0.717, 1.165) is 56.1 Å². The zero-order valence-electron chi connectivity index (χ0n) is 30.1. The quantitative estimate of drug-likeness (QED) is 0.160. The van der Waals surface area contributed by atoms with Gasteiger partial charge in [0, 0.05) is 11.1 Å². The van der Waals surface area contributed by atoms with Crippen LogP contribution in [0, 0.1) is 0 Å². The van der Waals surface area contributed by atoms with Crippen molar-refractivity contribution in [3.8, 4) is 33.8 Å². The summed E-state index contributed by atoms with van der Waals surface area (Å²) in [6, 6.07) is 72.3. The van der Waals surface area contributed by atoms with Crippen molar-refractivity contribution in [1.29, 1.82) is 0 Å². The van der Waals surface area contributed by atoms with Crippen LogP contribution in [0.2, 0.25) is 0 Å². The Morgan fingerprint density at radius 2 is 0.673 bits per heavy atom. The minimum absolute atomic E-state index is 0.233. The van der Waals surface area contributed by atoms with Crippen molar-refractivity contribution in [2.75, 3.05) is 0 Å². The van der Waals surface area contributed by atoms with Gasteiger partial charge in [0.05, 0.1) is 11.4 Å². The second-order valence-electron chi connectivity index (χ2n) is 14.0. The van der Waals surface area contributed by atoms with Crippen LogP contribution in [0.1, 0.15) is 22.3 Å². The van der Waals surface area contributed by atoms with Crippen LogP contribution in [0.25, 0.3) is 22.3 Å². The molecule has 2 heterocycles. The lowest BCUT2D eigenvalue weighted by Gasteiger charge is -2.16. The van der Waals surface area contributed by atoms with Crippen LogP contribution in [0.4, 0.5) is 0 Å². The van der Waals surface area contributed by atoms with E-state index in [-0.39, 0.29) is 13.7 Å². The van der Waals surface area contributed by atoms with Crippen molar-refractivity contribution >= 4 is 47.0 Å². The number of hydrogen-bond acceptors (Lipinski definition) is 3. The van der Waals surface area contributed by atoms with E-state index in [1.165, 1.54) is 33.2 Å². The topological polar surface area (TPSA) is 34.0 Å². The third-order valence-corrected chi connectivity index (χ3v) is 10.6. The van der Waals surface area contributed by atoms with Crippen LogP contribution in [-0.2, 0) is 0 Å². The number of rotatable bonds is 6. The van der Waals surface area contributed by atoms with E-state index in [2.05, 4.69) is 194 Å². The van der Waals surface area contributed by atoms with Gasteiger partial charge in [0.2, 0.25) is 0 Å². The fraction of sp³-hybridized carbons (Fsp3) is 0. The Bertz CT molecular complexity index is 2570. The molecule has 0 radical (unpaired) electrons. The van der Waals surface area contributed by atoms with E-state index in [1.807, 2.05) is 12.1 Å². The fourth-order valence-electron chi connectivity index (χ4n) is 8.14. The standard InChI is InChI=1S/C50H34B2N2O/c1-3-17-35(18-4-1)49-45-29-9-7-25-41(45)43-27-11-13-31-47(43)51(53-49)37-21-15-23-39(33-37)55-40-24-16-22-38(34-40)52-48-32-14-12-28-44(48)42-26-8-10-30-46(42)50(54-52)36-19-5-2-6-20-36/h1-34H. The van der Waals surface area contributed by atoms with Gasteiger partial charge < -0.3 is 14.5 Å². The van der Waals surface area contributed by atoms with Gasteiger partial charge in [-0.2, -0.15) is 0 Å². The van der Waals surface area contributed by atoms with Crippen LogP contribution in [0.15, 0.2) is 216 Å². The number of ether oxygens (including phenoxy) is 1. The van der Waals surface area contributed by atoms with E-state index in [1.54, 1.807) is 0 Å². The van der Waals surface area contributed by atoms with Gasteiger partial charge in [0.15, 0.2) is 0 Å². The highest BCUT2D eigenvalue weighted by Gasteiger charge is 2.31. The molecular formula is C50H34B2N2O. The van der Waals surface area contributed by atoms with Gasteiger partial charge in [-0.25, -0.2) is 0 Å². The molecule has 0 spiro atoms. The largest absolute Gasteiger partial charge is 0.457 e. The maximum Gasteiger partial charge on any atom is 0.345 e. The molecule has 0 bridgehead atoms. The van der Waals surface area contributed by atoms with Gasteiger partial charge in [-0.3, -0.25) is 0 Å². The maximum absolute atomic E-state index is 6.73. The van der Waals surface area contributed by atoms with Gasteiger partial charge >= 0.3 is 13.7 Å². The molecule has 0 atom stereocenters. The second kappa shape index (κ2) is 14.1. The summed E-state index contributed by atoms with van der Waals surface area (Å²) in [6.07, 6.45) is 0. The van der Waals surface area contributed by atoms with Gasteiger partial charge in [-0.15, -0.1) is 0 Å². The van der Waals surface area contributed by atoms with Crippen molar-refractivity contribution in [2.45, 2.75) is 0 Å². The first-order valence-electron chi connectivity index (χ1n) is 18.8. The van der Waals surface area contributed by atoms with E-state index in [4.69, 9.17) is 14.5 Å². The zero-order valence-corrected chi connectivity index (χ0v) is 30.1. The smallest absolute Gasteiger partial charge is 0.345 e. The summed E-state index contributed by atoms with van der Waals surface area (Å²) in [6.45, 7) is -0.466. The molecule has 0 saturated heterocycles. The molecule has 2 aliphatic heterocycles. The third-order valence-electron chi connectivity index (χ3n) is 10.6. The first kappa shape index (κ1) is 32.7. The molecule has 10 rings (SSSR count). The number of hydrogen-bond donors (Lipinski definition) is 0. The van der Waals surface area contributed by atoms with Gasteiger partial charge in [0.25, 0.3) is 0 Å². The molecule has 3 nitrogen and oxygen atoms in total. The summed E-state index contributed by atoms with van der Waals surface area (Å²) in [5, 5.41) is 0. The minimum atomic E-state index is -0.233. The zero-order chi connectivity index (χ0) is 36.6.